The lowest BCUT2D eigenvalue weighted by atomic mass is 9.98. The van der Waals surface area contributed by atoms with Crippen molar-refractivity contribution >= 4 is 0 Å². The summed E-state index contributed by atoms with van der Waals surface area (Å²) in [7, 11) is 1.94. The van der Waals surface area contributed by atoms with Crippen LogP contribution in [0.3, 0.4) is 0 Å². The summed E-state index contributed by atoms with van der Waals surface area (Å²) in [6.45, 7) is 8.96. The van der Waals surface area contributed by atoms with Gasteiger partial charge in [-0.3, -0.25) is 0 Å². The van der Waals surface area contributed by atoms with Crippen LogP contribution in [0.2, 0.25) is 0 Å². The van der Waals surface area contributed by atoms with Gasteiger partial charge in [0.1, 0.15) is 0 Å². The van der Waals surface area contributed by atoms with E-state index in [9.17, 15) is 0 Å². The van der Waals surface area contributed by atoms with Crippen LogP contribution in [0, 0.1) is 6.92 Å². The van der Waals surface area contributed by atoms with Crippen LogP contribution in [-0.2, 0) is 11.3 Å². The summed E-state index contributed by atoms with van der Waals surface area (Å²) in [6.07, 6.45) is 0. The monoisotopic (exact) mass is 221 g/mol. The molecule has 2 nitrogen and oxygen atoms in total. The topological polar surface area (TPSA) is 21.3 Å². The van der Waals surface area contributed by atoms with Gasteiger partial charge in [0.25, 0.3) is 0 Å². The maximum Gasteiger partial charge on any atom is 0.0720 e. The lowest BCUT2D eigenvalue weighted by Crippen LogP contribution is -2.14. The van der Waals surface area contributed by atoms with Crippen molar-refractivity contribution in [3.05, 3.63) is 34.9 Å². The molecule has 1 N–H and O–H groups in total. The van der Waals surface area contributed by atoms with Crippen molar-refractivity contribution in [2.45, 2.75) is 33.3 Å². The highest BCUT2D eigenvalue weighted by atomic mass is 16.5. The number of nitrogens with one attached hydrogen (secondary N) is 1. The third-order valence-corrected chi connectivity index (χ3v) is 2.79. The zero-order valence-electron chi connectivity index (χ0n) is 10.8. The number of benzene rings is 1. The Bertz CT molecular complexity index is 321. The van der Waals surface area contributed by atoms with Gasteiger partial charge in [-0.05, 0) is 36.6 Å². The lowest BCUT2D eigenvalue weighted by Gasteiger charge is -2.11. The van der Waals surface area contributed by atoms with E-state index in [2.05, 4.69) is 44.3 Å². The van der Waals surface area contributed by atoms with E-state index < -0.39 is 0 Å². The number of rotatable bonds is 6. The van der Waals surface area contributed by atoms with Crippen molar-refractivity contribution in [2.24, 2.45) is 0 Å². The molecule has 0 amide bonds. The molecular weight excluding hydrogens is 198 g/mol. The molecule has 0 aromatic heterocycles. The minimum Gasteiger partial charge on any atom is -0.375 e. The van der Waals surface area contributed by atoms with Crippen LogP contribution in [0.5, 0.6) is 0 Å². The fourth-order valence-electron chi connectivity index (χ4n) is 1.56. The summed E-state index contributed by atoms with van der Waals surface area (Å²) in [5, 5.41) is 3.07. The minimum atomic E-state index is 0.580. The molecule has 0 saturated heterocycles. The van der Waals surface area contributed by atoms with Crippen molar-refractivity contribution in [2.75, 3.05) is 20.2 Å². The predicted octanol–water partition coefficient (Wildman–Crippen LogP) is 2.85. The third-order valence-electron chi connectivity index (χ3n) is 2.79. The molecule has 16 heavy (non-hydrogen) atoms. The van der Waals surface area contributed by atoms with Gasteiger partial charge < -0.3 is 10.1 Å². The number of likely N-dealkylation sites (N-methyl/N-ethyl adjacent to an activating group) is 1. The maximum absolute atomic E-state index is 5.61. The van der Waals surface area contributed by atoms with E-state index in [0.717, 1.165) is 13.2 Å². The Hall–Kier alpha value is -0.860. The van der Waals surface area contributed by atoms with Crippen LogP contribution in [0.15, 0.2) is 18.2 Å². The lowest BCUT2D eigenvalue weighted by molar-refractivity contribution is 0.123. The zero-order chi connectivity index (χ0) is 12.0. The summed E-state index contributed by atoms with van der Waals surface area (Å²) in [4.78, 5) is 0. The number of hydrogen-bond acceptors (Lipinski definition) is 2. The second kappa shape index (κ2) is 6.66. The molecule has 0 atom stereocenters. The highest BCUT2D eigenvalue weighted by Gasteiger charge is 2.03. The van der Waals surface area contributed by atoms with Gasteiger partial charge in [-0.2, -0.15) is 0 Å². The standard InChI is InChI=1S/C14H23NO/c1-11(2)13-6-5-12(3)14(9-13)10-16-8-7-15-4/h5-6,9,11,15H,7-8,10H2,1-4H3. The van der Waals surface area contributed by atoms with Crippen LogP contribution in [0.4, 0.5) is 0 Å². The Labute approximate surface area is 99.0 Å². The molecule has 2 heteroatoms. The van der Waals surface area contributed by atoms with E-state index >= 15 is 0 Å². The maximum atomic E-state index is 5.61. The predicted molar refractivity (Wildman–Crippen MR) is 68.9 cm³/mol. The van der Waals surface area contributed by atoms with Crippen LogP contribution in [0.1, 0.15) is 36.5 Å². The van der Waals surface area contributed by atoms with Gasteiger partial charge in [0.05, 0.1) is 13.2 Å². The van der Waals surface area contributed by atoms with Crippen LogP contribution in [0.25, 0.3) is 0 Å². The average Bonchev–Trinajstić information content (AvgIpc) is 2.26. The SMILES string of the molecule is CNCCOCc1cc(C(C)C)ccc1C. The van der Waals surface area contributed by atoms with Crippen molar-refractivity contribution < 1.29 is 4.74 Å². The minimum absolute atomic E-state index is 0.580. The summed E-state index contributed by atoms with van der Waals surface area (Å²) < 4.78 is 5.61. The van der Waals surface area contributed by atoms with Crippen LogP contribution < -0.4 is 5.32 Å². The van der Waals surface area contributed by atoms with Crippen molar-refractivity contribution in [3.63, 3.8) is 0 Å². The second-order valence-electron chi connectivity index (χ2n) is 4.50. The molecule has 1 rings (SSSR count). The van der Waals surface area contributed by atoms with E-state index in [-0.39, 0.29) is 0 Å². The van der Waals surface area contributed by atoms with Crippen LogP contribution >= 0.6 is 0 Å². The fraction of sp³-hybridized carbons (Fsp3) is 0.571. The molecule has 0 aliphatic heterocycles. The van der Waals surface area contributed by atoms with E-state index in [1.54, 1.807) is 0 Å². The molecule has 0 unspecified atom stereocenters. The molecule has 0 saturated carbocycles. The Balaban J connectivity index is 2.60. The number of hydrogen-bond donors (Lipinski definition) is 1. The molecule has 0 spiro atoms. The highest BCUT2D eigenvalue weighted by Crippen LogP contribution is 2.19. The van der Waals surface area contributed by atoms with E-state index in [0.29, 0.717) is 12.5 Å². The molecule has 90 valence electrons. The Kier molecular flexibility index (Phi) is 5.50. The van der Waals surface area contributed by atoms with Crippen LogP contribution in [-0.4, -0.2) is 20.2 Å². The van der Waals surface area contributed by atoms with Gasteiger partial charge in [0, 0.05) is 6.54 Å². The van der Waals surface area contributed by atoms with Gasteiger partial charge in [-0.15, -0.1) is 0 Å². The third kappa shape index (κ3) is 3.95. The Morgan fingerprint density at radius 3 is 2.69 bits per heavy atom. The average molecular weight is 221 g/mol. The van der Waals surface area contributed by atoms with Gasteiger partial charge in [-0.25, -0.2) is 0 Å². The first kappa shape index (κ1) is 13.2. The van der Waals surface area contributed by atoms with Crippen molar-refractivity contribution in [1.29, 1.82) is 0 Å². The summed E-state index contributed by atoms with van der Waals surface area (Å²) in [6, 6.07) is 6.66. The van der Waals surface area contributed by atoms with Crippen molar-refractivity contribution in [3.8, 4) is 0 Å². The van der Waals surface area contributed by atoms with E-state index in [1.165, 1.54) is 16.7 Å². The van der Waals surface area contributed by atoms with E-state index in [4.69, 9.17) is 4.74 Å². The molecule has 0 heterocycles. The Morgan fingerprint density at radius 2 is 2.06 bits per heavy atom. The number of aryl methyl sites for hydroxylation is 1. The smallest absolute Gasteiger partial charge is 0.0720 e. The first-order chi connectivity index (χ1) is 7.65. The number of ether oxygens (including phenoxy) is 1. The molecule has 0 aliphatic rings. The first-order valence-electron chi connectivity index (χ1n) is 5.97. The largest absolute Gasteiger partial charge is 0.375 e. The van der Waals surface area contributed by atoms with Gasteiger partial charge in [0.15, 0.2) is 0 Å². The first-order valence-corrected chi connectivity index (χ1v) is 5.97. The molecular formula is C14H23NO. The molecule has 1 aromatic rings. The normalized spacial score (nSPS) is 11.1. The zero-order valence-corrected chi connectivity index (χ0v) is 10.8. The molecule has 0 radical (unpaired) electrons. The second-order valence-corrected chi connectivity index (χ2v) is 4.50. The summed E-state index contributed by atoms with van der Waals surface area (Å²) in [5.74, 6) is 0.580. The molecule has 1 aromatic carbocycles. The fourth-order valence-corrected chi connectivity index (χ4v) is 1.56. The van der Waals surface area contributed by atoms with Gasteiger partial charge >= 0.3 is 0 Å². The Morgan fingerprint density at radius 1 is 1.31 bits per heavy atom. The quantitative estimate of drug-likeness (QED) is 0.746. The summed E-state index contributed by atoms with van der Waals surface area (Å²) in [5.41, 5.74) is 4.01. The summed E-state index contributed by atoms with van der Waals surface area (Å²) >= 11 is 0. The highest BCUT2D eigenvalue weighted by molar-refractivity contribution is 5.32. The molecule has 0 bridgehead atoms. The van der Waals surface area contributed by atoms with Gasteiger partial charge in [-0.1, -0.05) is 32.0 Å². The van der Waals surface area contributed by atoms with E-state index in [1.807, 2.05) is 7.05 Å². The molecule has 0 fully saturated rings. The van der Waals surface area contributed by atoms with Crippen molar-refractivity contribution in [1.82, 2.24) is 5.32 Å². The molecule has 0 aliphatic carbocycles. The van der Waals surface area contributed by atoms with Gasteiger partial charge in [0.2, 0.25) is 0 Å².